The molecule has 3 aromatic rings. The lowest BCUT2D eigenvalue weighted by atomic mass is 9.94. The van der Waals surface area contributed by atoms with E-state index in [1.807, 2.05) is 30.3 Å². The summed E-state index contributed by atoms with van der Waals surface area (Å²) in [4.78, 5) is 0. The molecule has 0 fully saturated rings. The minimum Gasteiger partial charge on any atom is -0.328 e. The fourth-order valence-electron chi connectivity index (χ4n) is 2.64. The molecule has 0 aliphatic carbocycles. The lowest BCUT2D eigenvalue weighted by Crippen LogP contribution is -2.26. The van der Waals surface area contributed by atoms with Gasteiger partial charge in [0.15, 0.2) is 0 Å². The molecule has 0 amide bonds. The molecule has 1 heterocycles. The van der Waals surface area contributed by atoms with Crippen molar-refractivity contribution < 1.29 is 0 Å². The molecule has 0 aliphatic rings. The van der Waals surface area contributed by atoms with Crippen LogP contribution in [0.4, 0.5) is 0 Å². The Morgan fingerprint density at radius 3 is 2.00 bits per heavy atom. The van der Waals surface area contributed by atoms with Crippen molar-refractivity contribution in [2.45, 2.75) is 19.4 Å². The average molecular weight is 296 g/mol. The van der Waals surface area contributed by atoms with E-state index in [4.69, 9.17) is 11.6 Å². The van der Waals surface area contributed by atoms with Crippen LogP contribution in [0.2, 0.25) is 5.15 Å². The van der Waals surface area contributed by atoms with Gasteiger partial charge in [0.05, 0.1) is 5.54 Å². The van der Waals surface area contributed by atoms with Crippen LogP contribution in [0.1, 0.15) is 19.4 Å². The maximum atomic E-state index is 6.49. The van der Waals surface area contributed by atoms with Crippen LogP contribution in [-0.4, -0.2) is 4.57 Å². The van der Waals surface area contributed by atoms with E-state index in [0.717, 1.165) is 10.7 Å². The molecule has 0 saturated heterocycles. The van der Waals surface area contributed by atoms with Crippen LogP contribution in [0.25, 0.3) is 11.1 Å². The summed E-state index contributed by atoms with van der Waals surface area (Å²) < 4.78 is 2.13. The minimum absolute atomic E-state index is 0.189. The Labute approximate surface area is 130 Å². The third kappa shape index (κ3) is 2.62. The Morgan fingerprint density at radius 1 is 0.810 bits per heavy atom. The van der Waals surface area contributed by atoms with Crippen LogP contribution in [-0.2, 0) is 5.54 Å². The molecule has 2 aromatic carbocycles. The SMILES string of the molecule is CC(C)(c1ccccc1)n1cc(-c2ccccc2)cc1Cl. The zero-order valence-electron chi connectivity index (χ0n) is 12.3. The number of nitrogens with zero attached hydrogens (tertiary/aromatic N) is 1. The molecule has 106 valence electrons. The van der Waals surface area contributed by atoms with Crippen molar-refractivity contribution in [3.05, 3.63) is 83.6 Å². The summed E-state index contributed by atoms with van der Waals surface area (Å²) in [6.07, 6.45) is 2.13. The fourth-order valence-corrected chi connectivity index (χ4v) is 3.02. The number of halogens is 1. The second kappa shape index (κ2) is 5.42. The summed E-state index contributed by atoms with van der Waals surface area (Å²) >= 11 is 6.49. The first kappa shape index (κ1) is 14.0. The van der Waals surface area contributed by atoms with Crippen LogP contribution >= 0.6 is 11.6 Å². The Bertz CT molecular complexity index is 727. The monoisotopic (exact) mass is 295 g/mol. The third-order valence-electron chi connectivity index (χ3n) is 3.96. The number of hydrogen-bond acceptors (Lipinski definition) is 0. The number of rotatable bonds is 3. The van der Waals surface area contributed by atoms with Crippen molar-refractivity contribution in [3.8, 4) is 11.1 Å². The number of benzene rings is 2. The lowest BCUT2D eigenvalue weighted by molar-refractivity contribution is 0.439. The van der Waals surface area contributed by atoms with Gasteiger partial charge in [-0.2, -0.15) is 0 Å². The Kier molecular flexibility index (Phi) is 3.60. The van der Waals surface area contributed by atoms with Crippen LogP contribution in [0.5, 0.6) is 0 Å². The molecule has 0 saturated carbocycles. The second-order valence-electron chi connectivity index (χ2n) is 5.71. The highest BCUT2D eigenvalue weighted by molar-refractivity contribution is 6.30. The van der Waals surface area contributed by atoms with Gasteiger partial charge in [-0.1, -0.05) is 72.3 Å². The molecule has 0 spiro atoms. The van der Waals surface area contributed by atoms with Gasteiger partial charge < -0.3 is 4.57 Å². The smallest absolute Gasteiger partial charge is 0.110 e. The van der Waals surface area contributed by atoms with Gasteiger partial charge in [0, 0.05) is 11.8 Å². The van der Waals surface area contributed by atoms with Gasteiger partial charge in [-0.15, -0.1) is 0 Å². The quantitative estimate of drug-likeness (QED) is 0.593. The van der Waals surface area contributed by atoms with Crippen molar-refractivity contribution in [2.24, 2.45) is 0 Å². The van der Waals surface area contributed by atoms with Crippen molar-refractivity contribution in [1.82, 2.24) is 4.57 Å². The maximum Gasteiger partial charge on any atom is 0.110 e. The van der Waals surface area contributed by atoms with E-state index in [-0.39, 0.29) is 5.54 Å². The molecule has 0 N–H and O–H groups in total. The summed E-state index contributed by atoms with van der Waals surface area (Å²) in [7, 11) is 0. The van der Waals surface area contributed by atoms with Crippen molar-refractivity contribution in [3.63, 3.8) is 0 Å². The van der Waals surface area contributed by atoms with E-state index >= 15 is 0 Å². The van der Waals surface area contributed by atoms with E-state index in [1.165, 1.54) is 11.1 Å². The zero-order valence-corrected chi connectivity index (χ0v) is 13.0. The molecule has 0 radical (unpaired) electrons. The van der Waals surface area contributed by atoms with Crippen molar-refractivity contribution in [2.75, 3.05) is 0 Å². The first-order chi connectivity index (χ1) is 10.1. The van der Waals surface area contributed by atoms with Gasteiger partial charge in [0.2, 0.25) is 0 Å². The van der Waals surface area contributed by atoms with Gasteiger partial charge in [0.25, 0.3) is 0 Å². The van der Waals surface area contributed by atoms with Crippen LogP contribution < -0.4 is 0 Å². The molecule has 0 bridgehead atoms. The van der Waals surface area contributed by atoms with Crippen molar-refractivity contribution >= 4 is 11.6 Å². The number of hydrogen-bond donors (Lipinski definition) is 0. The molecule has 0 unspecified atom stereocenters. The molecule has 0 aliphatic heterocycles. The summed E-state index contributed by atoms with van der Waals surface area (Å²) in [5.41, 5.74) is 3.37. The first-order valence-corrected chi connectivity index (χ1v) is 7.46. The molecular formula is C19H18ClN. The predicted molar refractivity (Wildman–Crippen MR) is 89.7 cm³/mol. The van der Waals surface area contributed by atoms with Crippen LogP contribution in [0.15, 0.2) is 72.9 Å². The van der Waals surface area contributed by atoms with E-state index in [0.29, 0.717) is 0 Å². The molecule has 0 atom stereocenters. The highest BCUT2D eigenvalue weighted by atomic mass is 35.5. The molecule has 1 nitrogen and oxygen atoms in total. The standard InChI is InChI=1S/C19H18ClN/c1-19(2,17-11-7-4-8-12-17)21-14-16(13-18(21)20)15-9-5-3-6-10-15/h3-14H,1-2H3. The third-order valence-corrected chi connectivity index (χ3v) is 4.25. The van der Waals surface area contributed by atoms with E-state index in [2.05, 4.69) is 61.0 Å². The molecular weight excluding hydrogens is 278 g/mol. The van der Waals surface area contributed by atoms with Crippen molar-refractivity contribution in [1.29, 1.82) is 0 Å². The van der Waals surface area contributed by atoms with Crippen LogP contribution in [0, 0.1) is 0 Å². The summed E-state index contributed by atoms with van der Waals surface area (Å²) in [5.74, 6) is 0. The Hall–Kier alpha value is -1.99. The largest absolute Gasteiger partial charge is 0.328 e. The topological polar surface area (TPSA) is 4.93 Å². The van der Waals surface area contributed by atoms with E-state index < -0.39 is 0 Å². The second-order valence-corrected chi connectivity index (χ2v) is 6.10. The summed E-state index contributed by atoms with van der Waals surface area (Å²) in [5, 5.41) is 0.753. The highest BCUT2D eigenvalue weighted by Gasteiger charge is 2.24. The zero-order chi connectivity index (χ0) is 14.9. The average Bonchev–Trinajstić information content (AvgIpc) is 2.92. The highest BCUT2D eigenvalue weighted by Crippen LogP contribution is 2.33. The van der Waals surface area contributed by atoms with E-state index in [1.54, 1.807) is 0 Å². The first-order valence-electron chi connectivity index (χ1n) is 7.08. The minimum atomic E-state index is -0.189. The molecule has 2 heteroatoms. The molecule has 3 rings (SSSR count). The van der Waals surface area contributed by atoms with Crippen LogP contribution in [0.3, 0.4) is 0 Å². The van der Waals surface area contributed by atoms with Gasteiger partial charge in [-0.3, -0.25) is 0 Å². The normalized spacial score (nSPS) is 11.6. The molecule has 1 aromatic heterocycles. The van der Waals surface area contributed by atoms with Gasteiger partial charge >= 0.3 is 0 Å². The summed E-state index contributed by atoms with van der Waals surface area (Å²) in [6, 6.07) is 22.8. The number of aromatic nitrogens is 1. The fraction of sp³-hybridized carbons (Fsp3) is 0.158. The Balaban J connectivity index is 2.06. The molecule has 21 heavy (non-hydrogen) atoms. The predicted octanol–water partition coefficient (Wildman–Crippen LogP) is 5.59. The van der Waals surface area contributed by atoms with Gasteiger partial charge in [0.1, 0.15) is 5.15 Å². The lowest BCUT2D eigenvalue weighted by Gasteiger charge is -2.28. The van der Waals surface area contributed by atoms with E-state index in [9.17, 15) is 0 Å². The van der Waals surface area contributed by atoms with Gasteiger partial charge in [-0.05, 0) is 31.0 Å². The maximum absolute atomic E-state index is 6.49. The summed E-state index contributed by atoms with van der Waals surface area (Å²) in [6.45, 7) is 4.37. The van der Waals surface area contributed by atoms with Gasteiger partial charge in [-0.25, -0.2) is 0 Å². The Morgan fingerprint density at radius 2 is 1.38 bits per heavy atom.